The molecule has 0 aliphatic rings. The average Bonchev–Trinajstić information content (AvgIpc) is 2.96. The summed E-state index contributed by atoms with van der Waals surface area (Å²) in [5.41, 5.74) is 1.65. The number of carboxylic acids is 1. The second-order valence-electron chi connectivity index (χ2n) is 4.44. The van der Waals surface area contributed by atoms with E-state index in [-0.39, 0.29) is 10.1 Å². The summed E-state index contributed by atoms with van der Waals surface area (Å²) in [6.07, 6.45) is 2.07. The molecule has 0 unspecified atom stereocenters. The fraction of sp³-hybridized carbons (Fsp3) is 0.267. The third-order valence-corrected chi connectivity index (χ3v) is 3.72. The average molecular weight is 319 g/mol. The number of hydrogen-bond donors (Lipinski definition) is 0. The zero-order valence-corrected chi connectivity index (χ0v) is 13.3. The molecule has 1 aromatic carbocycles. The van der Waals surface area contributed by atoms with Gasteiger partial charge in [-0.05, 0) is 42.0 Å². The Hall–Kier alpha value is -2.28. The molecule has 6 nitrogen and oxygen atoms in total. The lowest BCUT2D eigenvalue weighted by Crippen LogP contribution is -2.23. The van der Waals surface area contributed by atoms with Gasteiger partial charge in [-0.1, -0.05) is 19.1 Å². The number of aliphatic carboxylic acids is 1. The molecule has 22 heavy (non-hydrogen) atoms. The first kappa shape index (κ1) is 16.1. The Morgan fingerprint density at radius 1 is 1.45 bits per heavy atom. The van der Waals surface area contributed by atoms with Crippen molar-refractivity contribution < 1.29 is 19.1 Å². The van der Waals surface area contributed by atoms with Crippen LogP contribution in [0.25, 0.3) is 6.08 Å². The van der Waals surface area contributed by atoms with E-state index >= 15 is 0 Å². The van der Waals surface area contributed by atoms with E-state index in [9.17, 15) is 9.90 Å². The molecule has 116 valence electrons. The first-order valence-electron chi connectivity index (χ1n) is 6.61. The minimum absolute atomic E-state index is 0.0165. The Bertz CT molecular complexity index is 709. The Morgan fingerprint density at radius 2 is 2.23 bits per heavy atom. The van der Waals surface area contributed by atoms with Crippen LogP contribution in [0.1, 0.15) is 23.9 Å². The lowest BCUT2D eigenvalue weighted by molar-refractivity contribution is -0.298. The maximum Gasteiger partial charge on any atom is 0.281 e. The summed E-state index contributed by atoms with van der Waals surface area (Å²) in [5.74, 6) is -0.166. The number of rotatable bonds is 6. The number of nitrogens with zero attached hydrogens (tertiary/aromatic N) is 2. The summed E-state index contributed by atoms with van der Waals surface area (Å²) in [6.45, 7) is 3.78. The number of aromatic nitrogens is 2. The van der Waals surface area contributed by atoms with Crippen LogP contribution in [0.4, 0.5) is 0 Å². The van der Waals surface area contributed by atoms with Crippen LogP contribution >= 0.6 is 11.8 Å². The van der Waals surface area contributed by atoms with Gasteiger partial charge in [-0.2, -0.15) is 0 Å². The number of hydrogen-bond acceptors (Lipinski definition) is 7. The number of carbonyl (C=O) groups excluding carboxylic acids is 1. The number of aryl methyl sites for hydroxylation is 2. The quantitative estimate of drug-likeness (QED) is 0.593. The van der Waals surface area contributed by atoms with Gasteiger partial charge in [0.2, 0.25) is 5.89 Å². The Morgan fingerprint density at radius 3 is 2.82 bits per heavy atom. The normalized spacial score (nSPS) is 11.5. The van der Waals surface area contributed by atoms with Crippen LogP contribution in [0.3, 0.4) is 0 Å². The molecule has 0 spiro atoms. The molecule has 0 aliphatic heterocycles. The predicted molar refractivity (Wildman–Crippen MR) is 80.2 cm³/mol. The van der Waals surface area contributed by atoms with Gasteiger partial charge in [0.1, 0.15) is 5.75 Å². The highest BCUT2D eigenvalue weighted by atomic mass is 32.2. The van der Waals surface area contributed by atoms with Crippen molar-refractivity contribution in [3.63, 3.8) is 0 Å². The van der Waals surface area contributed by atoms with Gasteiger partial charge in [-0.25, -0.2) is 0 Å². The van der Waals surface area contributed by atoms with Gasteiger partial charge in [0.15, 0.2) is 0 Å². The second-order valence-corrected chi connectivity index (χ2v) is 5.44. The van der Waals surface area contributed by atoms with Crippen molar-refractivity contribution in [2.75, 3.05) is 7.11 Å². The highest BCUT2D eigenvalue weighted by Crippen LogP contribution is 2.28. The van der Waals surface area contributed by atoms with Crippen molar-refractivity contribution in [1.29, 1.82) is 0 Å². The first-order valence-corrected chi connectivity index (χ1v) is 7.43. The van der Waals surface area contributed by atoms with Gasteiger partial charge >= 0.3 is 0 Å². The first-order chi connectivity index (χ1) is 10.5. The van der Waals surface area contributed by atoms with E-state index in [1.54, 1.807) is 19.2 Å². The van der Waals surface area contributed by atoms with Crippen molar-refractivity contribution in [1.82, 2.24) is 10.2 Å². The number of thioether (sulfide) groups is 1. The van der Waals surface area contributed by atoms with E-state index in [4.69, 9.17) is 9.15 Å². The van der Waals surface area contributed by atoms with Gasteiger partial charge in [0, 0.05) is 11.3 Å². The maximum absolute atomic E-state index is 11.3. The van der Waals surface area contributed by atoms with E-state index in [0.29, 0.717) is 23.6 Å². The van der Waals surface area contributed by atoms with Crippen LogP contribution in [0.2, 0.25) is 0 Å². The Balaban J connectivity index is 2.28. The molecule has 1 aromatic heterocycles. The third-order valence-electron chi connectivity index (χ3n) is 2.88. The smallest absolute Gasteiger partial charge is 0.281 e. The van der Waals surface area contributed by atoms with Crippen molar-refractivity contribution in [3.8, 4) is 5.75 Å². The molecule has 0 atom stereocenters. The van der Waals surface area contributed by atoms with Crippen molar-refractivity contribution in [2.24, 2.45) is 0 Å². The molecule has 0 amide bonds. The van der Waals surface area contributed by atoms with Crippen molar-refractivity contribution in [2.45, 2.75) is 25.5 Å². The zero-order chi connectivity index (χ0) is 16.1. The second kappa shape index (κ2) is 7.13. The molecule has 0 aliphatic carbocycles. The molecule has 0 bridgehead atoms. The van der Waals surface area contributed by atoms with Crippen LogP contribution in [-0.4, -0.2) is 23.3 Å². The fourth-order valence-electron chi connectivity index (χ4n) is 1.72. The van der Waals surface area contributed by atoms with Crippen molar-refractivity contribution >= 4 is 23.8 Å². The predicted octanol–water partition coefficient (Wildman–Crippen LogP) is 1.83. The summed E-state index contributed by atoms with van der Waals surface area (Å²) in [7, 11) is 1.56. The number of carbonyl (C=O) groups is 1. The molecule has 1 heterocycles. The van der Waals surface area contributed by atoms with Crippen LogP contribution in [0.15, 0.2) is 32.7 Å². The van der Waals surface area contributed by atoms with Crippen LogP contribution in [0.5, 0.6) is 5.75 Å². The summed E-state index contributed by atoms with van der Waals surface area (Å²) in [5, 5.41) is 19.0. The highest BCUT2D eigenvalue weighted by Gasteiger charge is 2.10. The van der Waals surface area contributed by atoms with Crippen LogP contribution in [-0.2, 0) is 11.2 Å². The zero-order valence-electron chi connectivity index (χ0n) is 12.5. The lowest BCUT2D eigenvalue weighted by Gasteiger charge is -2.08. The van der Waals surface area contributed by atoms with E-state index < -0.39 is 5.97 Å². The van der Waals surface area contributed by atoms with Crippen LogP contribution < -0.4 is 9.84 Å². The summed E-state index contributed by atoms with van der Waals surface area (Å²) in [6, 6.07) is 5.40. The van der Waals surface area contributed by atoms with Gasteiger partial charge in [0.05, 0.1) is 13.1 Å². The van der Waals surface area contributed by atoms with Gasteiger partial charge in [0.25, 0.3) is 5.22 Å². The number of methoxy groups -OCH3 is 1. The standard InChI is InChI=1S/C15H16N2O4S/c1-4-13-16-17-15(21-13)22-12(14(18)19)8-10-6-5-9(2)11(7-10)20-3/h5-8H,4H2,1-3H3,(H,18,19)/p-1/b12-8-. The minimum Gasteiger partial charge on any atom is -0.544 e. The van der Waals surface area contributed by atoms with Gasteiger partial charge < -0.3 is 19.1 Å². The van der Waals surface area contributed by atoms with E-state index in [0.717, 1.165) is 17.3 Å². The van der Waals surface area contributed by atoms with E-state index in [1.807, 2.05) is 19.9 Å². The Labute approximate surface area is 132 Å². The lowest BCUT2D eigenvalue weighted by atomic mass is 10.1. The largest absolute Gasteiger partial charge is 0.544 e. The minimum atomic E-state index is -1.30. The molecule has 0 N–H and O–H groups in total. The fourth-order valence-corrected chi connectivity index (χ4v) is 2.41. The van der Waals surface area contributed by atoms with E-state index in [2.05, 4.69) is 10.2 Å². The molecule has 0 saturated heterocycles. The van der Waals surface area contributed by atoms with Gasteiger partial charge in [-0.15, -0.1) is 10.2 Å². The van der Waals surface area contributed by atoms with Crippen molar-refractivity contribution in [3.05, 3.63) is 40.1 Å². The number of carboxylic acid groups (broad SMARTS) is 1. The molecule has 0 fully saturated rings. The molecule has 0 radical (unpaired) electrons. The molecular weight excluding hydrogens is 304 g/mol. The molecule has 2 rings (SSSR count). The van der Waals surface area contributed by atoms with Gasteiger partial charge in [-0.3, -0.25) is 0 Å². The summed E-state index contributed by atoms with van der Waals surface area (Å²) >= 11 is 0.863. The monoisotopic (exact) mass is 319 g/mol. The third kappa shape index (κ3) is 3.88. The molecular formula is C15H15N2O4S-. The maximum atomic E-state index is 11.3. The highest BCUT2D eigenvalue weighted by molar-refractivity contribution is 8.03. The van der Waals surface area contributed by atoms with E-state index in [1.165, 1.54) is 6.08 Å². The topological polar surface area (TPSA) is 88.3 Å². The number of benzene rings is 1. The summed E-state index contributed by atoms with van der Waals surface area (Å²) < 4.78 is 10.5. The molecule has 7 heteroatoms. The van der Waals surface area contributed by atoms with Crippen LogP contribution in [0, 0.1) is 6.92 Å². The molecule has 0 saturated carbocycles. The number of ether oxygens (including phenoxy) is 1. The SMILES string of the molecule is CCc1nnc(S/C(=C\c2ccc(C)c(OC)c2)C(=O)[O-])o1. The Kier molecular flexibility index (Phi) is 5.21. The molecule has 2 aromatic rings. The summed E-state index contributed by atoms with van der Waals surface area (Å²) in [4.78, 5) is 11.3.